The minimum Gasteiger partial charge on any atom is -0.478 e. The number of nitrogens with zero attached hydrogens (tertiary/aromatic N) is 1. The Morgan fingerprint density at radius 1 is 1.26 bits per heavy atom. The molecule has 1 saturated carbocycles. The number of aromatic carboxylic acids is 1. The van der Waals surface area contributed by atoms with Crippen LogP contribution in [0.2, 0.25) is 0 Å². The molecule has 3 N–H and O–H groups in total. The first-order valence-corrected chi connectivity index (χ1v) is 6.47. The summed E-state index contributed by atoms with van der Waals surface area (Å²) in [4.78, 5) is 24.4. The van der Waals surface area contributed by atoms with Crippen molar-refractivity contribution < 1.29 is 14.7 Å². The van der Waals surface area contributed by atoms with Gasteiger partial charge in [0.05, 0.1) is 17.8 Å². The smallest absolute Gasteiger partial charge is 0.337 e. The third kappa shape index (κ3) is 3.05. The topological polar surface area (TPSA) is 83.6 Å². The van der Waals surface area contributed by atoms with Gasteiger partial charge in [-0.3, -0.25) is 4.79 Å². The highest BCUT2D eigenvalue weighted by Gasteiger charge is 2.26. The number of para-hydroxylation sites is 1. The lowest BCUT2D eigenvalue weighted by molar-refractivity contribution is -0.116. The summed E-state index contributed by atoms with van der Waals surface area (Å²) in [7, 11) is 0. The lowest BCUT2D eigenvalue weighted by atomic mass is 10.1. The number of carbonyl (C=O) groups is 2. The molecule has 1 fully saturated rings. The van der Waals surface area contributed by atoms with Crippen molar-refractivity contribution in [3.8, 4) is 0 Å². The number of carboxylic acid groups (broad SMARTS) is 1. The van der Waals surface area contributed by atoms with Crippen molar-refractivity contribution in [2.45, 2.75) is 31.7 Å². The number of anilines is 1. The molecule has 1 aliphatic carbocycles. The molecule has 0 atom stereocenters. The van der Waals surface area contributed by atoms with Gasteiger partial charge in [0.25, 0.3) is 0 Å². The van der Waals surface area contributed by atoms with E-state index in [4.69, 9.17) is 5.73 Å². The van der Waals surface area contributed by atoms with Crippen molar-refractivity contribution in [2.24, 2.45) is 5.73 Å². The summed E-state index contributed by atoms with van der Waals surface area (Å²) in [5, 5.41) is 9.25. The lowest BCUT2D eigenvalue weighted by Crippen LogP contribution is -2.41. The summed E-state index contributed by atoms with van der Waals surface area (Å²) in [6.07, 6.45) is 4.16. The fraction of sp³-hybridized carbons (Fsp3) is 0.429. The van der Waals surface area contributed by atoms with E-state index in [1.807, 2.05) is 4.90 Å². The predicted octanol–water partition coefficient (Wildman–Crippen LogP) is 1.62. The van der Waals surface area contributed by atoms with Crippen molar-refractivity contribution in [3.63, 3.8) is 0 Å². The van der Waals surface area contributed by atoms with Crippen molar-refractivity contribution in [1.29, 1.82) is 0 Å². The molecule has 1 amide bonds. The average molecular weight is 262 g/mol. The van der Waals surface area contributed by atoms with Gasteiger partial charge in [-0.25, -0.2) is 4.79 Å². The monoisotopic (exact) mass is 262 g/mol. The Hall–Kier alpha value is -2.04. The summed E-state index contributed by atoms with van der Waals surface area (Å²) in [5.74, 6) is -1.42. The number of carbonyl (C=O) groups excluding carboxylic acids is 1. The van der Waals surface area contributed by atoms with Gasteiger partial charge in [-0.2, -0.15) is 0 Å². The van der Waals surface area contributed by atoms with Crippen molar-refractivity contribution >= 4 is 17.6 Å². The molecule has 0 aromatic heterocycles. The normalized spacial score (nSPS) is 15.4. The molecule has 0 saturated heterocycles. The first kappa shape index (κ1) is 13.4. The van der Waals surface area contributed by atoms with Crippen molar-refractivity contribution in [2.75, 3.05) is 11.4 Å². The summed E-state index contributed by atoms with van der Waals surface area (Å²) < 4.78 is 0. The number of carboxylic acids is 1. The third-order valence-corrected chi connectivity index (χ3v) is 3.54. The van der Waals surface area contributed by atoms with Gasteiger partial charge >= 0.3 is 5.97 Å². The van der Waals surface area contributed by atoms with Crippen LogP contribution < -0.4 is 10.6 Å². The summed E-state index contributed by atoms with van der Waals surface area (Å²) in [5.41, 5.74) is 6.10. The van der Waals surface area contributed by atoms with Gasteiger partial charge in [-0.15, -0.1) is 0 Å². The maximum Gasteiger partial charge on any atom is 0.337 e. The van der Waals surface area contributed by atoms with E-state index in [9.17, 15) is 14.7 Å². The molecule has 0 unspecified atom stereocenters. The number of amides is 1. The molecule has 1 aliphatic rings. The van der Waals surface area contributed by atoms with Crippen LogP contribution in [-0.2, 0) is 4.79 Å². The number of benzene rings is 1. The Bertz CT molecular complexity index is 481. The van der Waals surface area contributed by atoms with Gasteiger partial charge in [0.2, 0.25) is 5.91 Å². The second-order valence-electron chi connectivity index (χ2n) is 4.85. The molecule has 0 radical (unpaired) electrons. The van der Waals surface area contributed by atoms with Crippen molar-refractivity contribution in [1.82, 2.24) is 0 Å². The number of nitrogens with two attached hydrogens (primary N) is 1. The zero-order valence-electron chi connectivity index (χ0n) is 10.7. The van der Waals surface area contributed by atoms with Crippen LogP contribution in [0.15, 0.2) is 24.3 Å². The van der Waals surface area contributed by atoms with E-state index in [1.54, 1.807) is 24.3 Å². The first-order chi connectivity index (χ1) is 9.09. The quantitative estimate of drug-likeness (QED) is 0.844. The zero-order chi connectivity index (χ0) is 13.8. The highest BCUT2D eigenvalue weighted by Crippen LogP contribution is 2.30. The minimum absolute atomic E-state index is 0.0644. The Balaban J connectivity index is 2.36. The number of hydrogen-bond acceptors (Lipinski definition) is 3. The Morgan fingerprint density at radius 3 is 2.47 bits per heavy atom. The molecular formula is C14H18N2O3. The maximum absolute atomic E-state index is 11.3. The molecule has 0 bridgehead atoms. The van der Waals surface area contributed by atoms with E-state index >= 15 is 0 Å². The van der Waals surface area contributed by atoms with Gasteiger partial charge < -0.3 is 15.7 Å². The summed E-state index contributed by atoms with van der Waals surface area (Å²) >= 11 is 0. The largest absolute Gasteiger partial charge is 0.478 e. The SMILES string of the molecule is NC(=O)CN(c1ccccc1C(=O)O)C1CCCC1. The van der Waals surface area contributed by atoms with Crippen molar-refractivity contribution in [3.05, 3.63) is 29.8 Å². The van der Waals surface area contributed by atoms with Crippen LogP contribution in [0.4, 0.5) is 5.69 Å². The molecule has 0 spiro atoms. The molecule has 102 valence electrons. The number of rotatable bonds is 5. The van der Waals surface area contributed by atoms with Crippen LogP contribution in [0, 0.1) is 0 Å². The van der Waals surface area contributed by atoms with Gasteiger partial charge in [0.1, 0.15) is 0 Å². The van der Waals surface area contributed by atoms with E-state index in [-0.39, 0.29) is 18.2 Å². The number of primary amides is 1. The molecule has 1 aromatic carbocycles. The first-order valence-electron chi connectivity index (χ1n) is 6.47. The van der Waals surface area contributed by atoms with Crippen LogP contribution in [0.5, 0.6) is 0 Å². The van der Waals surface area contributed by atoms with E-state index < -0.39 is 11.9 Å². The van der Waals surface area contributed by atoms with Crippen LogP contribution in [0.1, 0.15) is 36.0 Å². The molecular weight excluding hydrogens is 244 g/mol. The molecule has 0 heterocycles. The third-order valence-electron chi connectivity index (χ3n) is 3.54. The Labute approximate surface area is 112 Å². The van der Waals surface area contributed by atoms with Gasteiger partial charge in [0.15, 0.2) is 0 Å². The van der Waals surface area contributed by atoms with Crippen LogP contribution in [-0.4, -0.2) is 29.6 Å². The molecule has 5 heteroatoms. The number of hydrogen-bond donors (Lipinski definition) is 2. The molecule has 19 heavy (non-hydrogen) atoms. The van der Waals surface area contributed by atoms with Crippen LogP contribution in [0.3, 0.4) is 0 Å². The summed E-state index contributed by atoms with van der Waals surface area (Å²) in [6, 6.07) is 6.97. The van der Waals surface area contributed by atoms with E-state index in [1.165, 1.54) is 0 Å². The van der Waals surface area contributed by atoms with E-state index in [2.05, 4.69) is 0 Å². The summed E-state index contributed by atoms with van der Waals surface area (Å²) in [6.45, 7) is 0.0644. The fourth-order valence-corrected chi connectivity index (χ4v) is 2.70. The molecule has 0 aliphatic heterocycles. The second-order valence-corrected chi connectivity index (χ2v) is 4.85. The second kappa shape index (κ2) is 5.73. The lowest BCUT2D eigenvalue weighted by Gasteiger charge is -2.31. The van der Waals surface area contributed by atoms with E-state index in [0.29, 0.717) is 5.69 Å². The highest BCUT2D eigenvalue weighted by atomic mass is 16.4. The fourth-order valence-electron chi connectivity index (χ4n) is 2.70. The Morgan fingerprint density at radius 2 is 1.89 bits per heavy atom. The van der Waals surface area contributed by atoms with Gasteiger partial charge in [-0.05, 0) is 25.0 Å². The van der Waals surface area contributed by atoms with Gasteiger partial charge in [0, 0.05) is 6.04 Å². The van der Waals surface area contributed by atoms with Gasteiger partial charge in [-0.1, -0.05) is 25.0 Å². The van der Waals surface area contributed by atoms with Crippen LogP contribution in [0.25, 0.3) is 0 Å². The van der Waals surface area contributed by atoms with E-state index in [0.717, 1.165) is 25.7 Å². The van der Waals surface area contributed by atoms with Crippen LogP contribution >= 0.6 is 0 Å². The molecule has 1 aromatic rings. The maximum atomic E-state index is 11.3. The molecule has 2 rings (SSSR count). The Kier molecular flexibility index (Phi) is 4.04. The standard InChI is InChI=1S/C14H18N2O3/c15-13(17)9-16(10-5-1-2-6-10)12-8-4-3-7-11(12)14(18)19/h3-4,7-8,10H,1-2,5-6,9H2,(H2,15,17)(H,18,19). The zero-order valence-corrected chi connectivity index (χ0v) is 10.7. The minimum atomic E-state index is -0.983. The highest BCUT2D eigenvalue weighted by molar-refractivity contribution is 5.95. The average Bonchev–Trinajstić information content (AvgIpc) is 2.89. The predicted molar refractivity (Wildman–Crippen MR) is 72.2 cm³/mol. The molecule has 5 nitrogen and oxygen atoms in total.